The minimum Gasteiger partial charge on any atom is -0.316 e. The fourth-order valence-corrected chi connectivity index (χ4v) is 1.32. The van der Waals surface area contributed by atoms with Gasteiger partial charge in [-0.2, -0.15) is 0 Å². The third-order valence-corrected chi connectivity index (χ3v) is 1.96. The summed E-state index contributed by atoms with van der Waals surface area (Å²) in [5.74, 6) is 0.508. The lowest BCUT2D eigenvalue weighted by Crippen LogP contribution is -2.09. The van der Waals surface area contributed by atoms with Gasteiger partial charge in [0, 0.05) is 6.42 Å². The Hall–Kier alpha value is -0.180. The Balaban J connectivity index is 2.01. The van der Waals surface area contributed by atoms with E-state index in [1.165, 1.54) is 0 Å². The summed E-state index contributed by atoms with van der Waals surface area (Å²) in [4.78, 5) is 0. The lowest BCUT2D eigenvalue weighted by molar-refractivity contribution is 0.128. The van der Waals surface area contributed by atoms with Crippen molar-refractivity contribution in [3.05, 3.63) is 0 Å². The van der Waals surface area contributed by atoms with Gasteiger partial charge in [-0.05, 0) is 31.8 Å². The summed E-state index contributed by atoms with van der Waals surface area (Å²) in [5, 5.41) is 3.15. The van der Waals surface area contributed by atoms with Gasteiger partial charge < -0.3 is 5.32 Å². The molecule has 1 nitrogen and oxygen atoms in total. The van der Waals surface area contributed by atoms with E-state index in [4.69, 9.17) is 0 Å². The zero-order chi connectivity index (χ0) is 7.40. The fourth-order valence-electron chi connectivity index (χ4n) is 1.32. The first kappa shape index (κ1) is 7.92. The highest BCUT2D eigenvalue weighted by atomic mass is 19.3. The molecule has 0 aliphatic carbocycles. The summed E-state index contributed by atoms with van der Waals surface area (Å²) in [6.45, 7) is 1.95. The average molecular weight is 149 g/mol. The summed E-state index contributed by atoms with van der Waals surface area (Å²) in [6, 6.07) is 0. The Morgan fingerprint density at radius 3 is 2.80 bits per heavy atom. The van der Waals surface area contributed by atoms with Gasteiger partial charge >= 0.3 is 0 Å². The second-order valence-electron chi connectivity index (χ2n) is 2.83. The van der Waals surface area contributed by atoms with Crippen LogP contribution in [-0.4, -0.2) is 19.5 Å². The van der Waals surface area contributed by atoms with Gasteiger partial charge in [-0.1, -0.05) is 0 Å². The Bertz CT molecular complexity index is 89.6. The first-order valence-electron chi connectivity index (χ1n) is 3.78. The number of hydrogen-bond acceptors (Lipinski definition) is 1. The molecule has 0 radical (unpaired) electrons. The molecule has 3 heteroatoms. The molecule has 0 unspecified atom stereocenters. The molecule has 1 fully saturated rings. The number of halogens is 2. The molecule has 1 aliphatic rings. The van der Waals surface area contributed by atoms with E-state index < -0.39 is 6.43 Å². The highest BCUT2D eigenvalue weighted by Crippen LogP contribution is 2.16. The van der Waals surface area contributed by atoms with Crippen LogP contribution in [0, 0.1) is 5.92 Å². The van der Waals surface area contributed by atoms with E-state index in [0.717, 1.165) is 19.5 Å². The quantitative estimate of drug-likeness (QED) is 0.643. The molecule has 0 aromatic carbocycles. The summed E-state index contributed by atoms with van der Waals surface area (Å²) in [7, 11) is 0. The van der Waals surface area contributed by atoms with Crippen molar-refractivity contribution in [1.29, 1.82) is 0 Å². The number of nitrogens with one attached hydrogen (secondary N) is 1. The van der Waals surface area contributed by atoms with Crippen LogP contribution < -0.4 is 5.32 Å². The highest BCUT2D eigenvalue weighted by Gasteiger charge is 2.15. The minimum atomic E-state index is -2.11. The topological polar surface area (TPSA) is 12.0 Å². The maximum absolute atomic E-state index is 11.7. The van der Waals surface area contributed by atoms with Gasteiger partial charge in [0.25, 0.3) is 0 Å². The molecular weight excluding hydrogens is 136 g/mol. The van der Waals surface area contributed by atoms with Crippen molar-refractivity contribution >= 4 is 0 Å². The Labute approximate surface area is 59.8 Å². The molecule has 0 amide bonds. The SMILES string of the molecule is FC(F)CC[C@@H]1CCNC1. The minimum absolute atomic E-state index is 0.0757. The van der Waals surface area contributed by atoms with Crippen molar-refractivity contribution in [3.63, 3.8) is 0 Å². The lowest BCUT2D eigenvalue weighted by atomic mass is 10.0. The predicted molar refractivity (Wildman–Crippen MR) is 36.2 cm³/mol. The molecule has 0 bridgehead atoms. The summed E-state index contributed by atoms with van der Waals surface area (Å²) in [6.07, 6.45) is -0.274. The normalized spacial score (nSPS) is 26.1. The Kier molecular flexibility index (Phi) is 3.06. The molecule has 1 aliphatic heterocycles. The third kappa shape index (κ3) is 2.60. The van der Waals surface area contributed by atoms with Crippen molar-refractivity contribution < 1.29 is 8.78 Å². The van der Waals surface area contributed by atoms with Gasteiger partial charge in [-0.15, -0.1) is 0 Å². The molecule has 1 N–H and O–H groups in total. The zero-order valence-electron chi connectivity index (χ0n) is 5.95. The first-order valence-corrected chi connectivity index (χ1v) is 3.78. The van der Waals surface area contributed by atoms with Crippen molar-refractivity contribution in [2.24, 2.45) is 5.92 Å². The van der Waals surface area contributed by atoms with Crippen LogP contribution in [0.4, 0.5) is 8.78 Å². The summed E-state index contributed by atoms with van der Waals surface area (Å²) >= 11 is 0. The van der Waals surface area contributed by atoms with E-state index >= 15 is 0 Å². The second kappa shape index (κ2) is 3.86. The molecule has 10 heavy (non-hydrogen) atoms. The van der Waals surface area contributed by atoms with Crippen LogP contribution in [-0.2, 0) is 0 Å². The van der Waals surface area contributed by atoms with E-state index in [1.807, 2.05) is 0 Å². The van der Waals surface area contributed by atoms with Crippen molar-refractivity contribution in [2.75, 3.05) is 13.1 Å². The Morgan fingerprint density at radius 2 is 2.30 bits per heavy atom. The first-order chi connectivity index (χ1) is 4.79. The molecule has 0 aromatic rings. The lowest BCUT2D eigenvalue weighted by Gasteiger charge is -2.05. The predicted octanol–water partition coefficient (Wildman–Crippen LogP) is 1.64. The van der Waals surface area contributed by atoms with Crippen LogP contribution in [0.25, 0.3) is 0 Å². The van der Waals surface area contributed by atoms with Gasteiger partial charge in [0.2, 0.25) is 6.43 Å². The molecule has 1 atom stereocenters. The largest absolute Gasteiger partial charge is 0.316 e. The maximum atomic E-state index is 11.7. The molecule has 1 saturated heterocycles. The molecule has 0 aromatic heterocycles. The Morgan fingerprint density at radius 1 is 1.50 bits per heavy atom. The van der Waals surface area contributed by atoms with Crippen LogP contribution in [0.3, 0.4) is 0 Å². The molecule has 1 rings (SSSR count). The fraction of sp³-hybridized carbons (Fsp3) is 1.00. The molecule has 0 spiro atoms. The van der Waals surface area contributed by atoms with Crippen LogP contribution in [0.2, 0.25) is 0 Å². The van der Waals surface area contributed by atoms with E-state index in [9.17, 15) is 8.78 Å². The van der Waals surface area contributed by atoms with Gasteiger partial charge in [-0.3, -0.25) is 0 Å². The third-order valence-electron chi connectivity index (χ3n) is 1.96. The zero-order valence-corrected chi connectivity index (χ0v) is 5.95. The van der Waals surface area contributed by atoms with Crippen LogP contribution in [0.1, 0.15) is 19.3 Å². The van der Waals surface area contributed by atoms with Gasteiger partial charge in [0.05, 0.1) is 0 Å². The molecule has 1 heterocycles. The standard InChI is InChI=1S/C7H13F2N/c8-7(9)2-1-6-3-4-10-5-6/h6-7,10H,1-5H2/t6-/m1/s1. The van der Waals surface area contributed by atoms with Gasteiger partial charge in [-0.25, -0.2) is 8.78 Å². The number of rotatable bonds is 3. The van der Waals surface area contributed by atoms with Crippen molar-refractivity contribution in [1.82, 2.24) is 5.32 Å². The molecule has 60 valence electrons. The van der Waals surface area contributed by atoms with Gasteiger partial charge in [0.1, 0.15) is 0 Å². The van der Waals surface area contributed by atoms with E-state index in [2.05, 4.69) is 5.32 Å². The highest BCUT2D eigenvalue weighted by molar-refractivity contribution is 4.70. The van der Waals surface area contributed by atoms with E-state index in [0.29, 0.717) is 12.3 Å². The summed E-state index contributed by atoms with van der Waals surface area (Å²) < 4.78 is 23.3. The van der Waals surface area contributed by atoms with Crippen molar-refractivity contribution in [2.45, 2.75) is 25.7 Å². The monoisotopic (exact) mass is 149 g/mol. The van der Waals surface area contributed by atoms with E-state index in [-0.39, 0.29) is 6.42 Å². The molecule has 0 saturated carbocycles. The number of hydrogen-bond donors (Lipinski definition) is 1. The van der Waals surface area contributed by atoms with Gasteiger partial charge in [0.15, 0.2) is 0 Å². The van der Waals surface area contributed by atoms with Crippen LogP contribution in [0.15, 0.2) is 0 Å². The van der Waals surface area contributed by atoms with Crippen LogP contribution in [0.5, 0.6) is 0 Å². The molecular formula is C7H13F2N. The second-order valence-corrected chi connectivity index (χ2v) is 2.83. The maximum Gasteiger partial charge on any atom is 0.238 e. The number of alkyl halides is 2. The summed E-state index contributed by atoms with van der Waals surface area (Å²) in [5.41, 5.74) is 0. The van der Waals surface area contributed by atoms with E-state index in [1.54, 1.807) is 0 Å². The van der Waals surface area contributed by atoms with Crippen molar-refractivity contribution in [3.8, 4) is 0 Å². The average Bonchev–Trinajstić information content (AvgIpc) is 2.34. The smallest absolute Gasteiger partial charge is 0.238 e. The van der Waals surface area contributed by atoms with Crippen LogP contribution >= 0.6 is 0 Å².